The van der Waals surface area contributed by atoms with Gasteiger partial charge in [-0.1, -0.05) is 12.1 Å². The van der Waals surface area contributed by atoms with Crippen molar-refractivity contribution in [1.82, 2.24) is 0 Å². The van der Waals surface area contributed by atoms with Crippen LogP contribution in [0, 0.1) is 11.3 Å². The number of benzene rings is 2. The molecule has 0 aliphatic heterocycles. The average Bonchev–Trinajstić information content (AvgIpc) is 2.46. The molecule has 0 aliphatic carbocycles. The summed E-state index contributed by atoms with van der Waals surface area (Å²) in [7, 11) is 0. The molecule has 6 heteroatoms. The molecule has 2 aromatic carbocycles. The van der Waals surface area contributed by atoms with E-state index in [2.05, 4.69) is 0 Å². The van der Waals surface area contributed by atoms with Crippen molar-refractivity contribution < 1.29 is 23.1 Å². The molecule has 2 aromatic rings. The highest BCUT2D eigenvalue weighted by Gasteiger charge is 2.32. The van der Waals surface area contributed by atoms with Gasteiger partial charge >= 0.3 is 6.18 Å². The summed E-state index contributed by atoms with van der Waals surface area (Å²) in [4.78, 5) is 12.2. The van der Waals surface area contributed by atoms with Gasteiger partial charge in [0, 0.05) is 5.56 Å². The fraction of sp³-hybridized carbons (Fsp3) is 0.0667. The Kier molecular flexibility index (Phi) is 3.68. The van der Waals surface area contributed by atoms with Crippen molar-refractivity contribution in [1.29, 1.82) is 5.26 Å². The Hall–Kier alpha value is -2.81. The molecule has 106 valence electrons. The number of aromatic hydroxyl groups is 1. The number of halogens is 3. The molecule has 0 saturated carbocycles. The van der Waals surface area contributed by atoms with Gasteiger partial charge in [0.05, 0.1) is 22.8 Å². The Balaban J connectivity index is 2.50. The molecule has 0 amide bonds. The van der Waals surface area contributed by atoms with Gasteiger partial charge in [-0.25, -0.2) is 0 Å². The van der Waals surface area contributed by atoms with E-state index in [1.54, 1.807) is 0 Å². The minimum Gasteiger partial charge on any atom is -0.507 e. The third kappa shape index (κ3) is 3.03. The number of phenols is 1. The fourth-order valence-electron chi connectivity index (χ4n) is 1.78. The predicted octanol–water partition coefficient (Wildman–Crippen LogP) is 3.51. The molecule has 1 N–H and O–H groups in total. The SMILES string of the molecule is N#Cc1cccc(C(=O)c2cc(C(F)(F)F)ccc2O)c1. The number of carbonyl (C=O) groups is 1. The highest BCUT2D eigenvalue weighted by molar-refractivity contribution is 6.10. The number of phenolic OH excluding ortho intramolecular Hbond substituents is 1. The van der Waals surface area contributed by atoms with Crippen molar-refractivity contribution in [2.24, 2.45) is 0 Å². The van der Waals surface area contributed by atoms with Crippen LogP contribution in [0.4, 0.5) is 13.2 Å². The van der Waals surface area contributed by atoms with Crippen molar-refractivity contribution >= 4 is 5.78 Å². The van der Waals surface area contributed by atoms with Gasteiger partial charge in [-0.15, -0.1) is 0 Å². The number of nitrogens with zero attached hydrogens (tertiary/aromatic N) is 1. The fourth-order valence-corrected chi connectivity index (χ4v) is 1.78. The van der Waals surface area contributed by atoms with E-state index in [4.69, 9.17) is 5.26 Å². The maximum atomic E-state index is 12.6. The molecule has 0 aliphatic rings. The Morgan fingerprint density at radius 1 is 1.14 bits per heavy atom. The molecule has 0 bridgehead atoms. The number of rotatable bonds is 2. The first-order chi connectivity index (χ1) is 9.82. The first-order valence-corrected chi connectivity index (χ1v) is 5.78. The van der Waals surface area contributed by atoms with Crippen molar-refractivity contribution in [3.05, 3.63) is 64.7 Å². The van der Waals surface area contributed by atoms with Gasteiger partial charge in [-0.3, -0.25) is 4.79 Å². The molecular formula is C15H8F3NO2. The van der Waals surface area contributed by atoms with Gasteiger partial charge in [-0.2, -0.15) is 18.4 Å². The van der Waals surface area contributed by atoms with Crippen LogP contribution in [0.1, 0.15) is 27.0 Å². The van der Waals surface area contributed by atoms with Crippen LogP contribution in [-0.2, 0) is 6.18 Å². The van der Waals surface area contributed by atoms with Crippen LogP contribution in [0.15, 0.2) is 42.5 Å². The minimum atomic E-state index is -4.61. The van der Waals surface area contributed by atoms with Gasteiger partial charge in [0.25, 0.3) is 0 Å². The van der Waals surface area contributed by atoms with Crippen LogP contribution in [-0.4, -0.2) is 10.9 Å². The Labute approximate surface area is 117 Å². The van der Waals surface area contributed by atoms with Gasteiger partial charge in [-0.05, 0) is 30.3 Å². The molecule has 0 heterocycles. The maximum Gasteiger partial charge on any atom is 0.416 e. The highest BCUT2D eigenvalue weighted by Crippen LogP contribution is 2.33. The lowest BCUT2D eigenvalue weighted by Crippen LogP contribution is -2.08. The second-order valence-corrected chi connectivity index (χ2v) is 4.25. The lowest BCUT2D eigenvalue weighted by atomic mass is 9.99. The summed E-state index contributed by atoms with van der Waals surface area (Å²) in [5.74, 6) is -1.33. The summed E-state index contributed by atoms with van der Waals surface area (Å²) in [5.41, 5.74) is -1.25. The zero-order valence-electron chi connectivity index (χ0n) is 10.5. The summed E-state index contributed by atoms with van der Waals surface area (Å²) < 4.78 is 37.9. The second-order valence-electron chi connectivity index (χ2n) is 4.25. The van der Waals surface area contributed by atoms with Crippen LogP contribution in [0.3, 0.4) is 0 Å². The average molecular weight is 291 g/mol. The lowest BCUT2D eigenvalue weighted by molar-refractivity contribution is -0.137. The standard InChI is InChI=1S/C15H8F3NO2/c16-15(17,18)11-4-5-13(20)12(7-11)14(21)10-3-1-2-9(6-10)8-19/h1-7,20H. The topological polar surface area (TPSA) is 61.1 Å². The molecule has 0 aromatic heterocycles. The normalized spacial score (nSPS) is 11.0. The largest absolute Gasteiger partial charge is 0.507 e. The molecule has 21 heavy (non-hydrogen) atoms. The van der Waals surface area contributed by atoms with Gasteiger partial charge < -0.3 is 5.11 Å². The number of alkyl halides is 3. The summed E-state index contributed by atoms with van der Waals surface area (Å²) >= 11 is 0. The van der Waals surface area contributed by atoms with Crippen LogP contribution in [0.2, 0.25) is 0 Å². The summed E-state index contributed by atoms with van der Waals surface area (Å²) in [6.07, 6.45) is -4.61. The number of hydrogen-bond acceptors (Lipinski definition) is 3. The van der Waals surface area contributed by atoms with Crippen molar-refractivity contribution in [3.63, 3.8) is 0 Å². The predicted molar refractivity (Wildman–Crippen MR) is 67.7 cm³/mol. The summed E-state index contributed by atoms with van der Waals surface area (Å²) in [6.45, 7) is 0. The lowest BCUT2D eigenvalue weighted by Gasteiger charge is -2.10. The maximum absolute atomic E-state index is 12.6. The van der Waals surface area contributed by atoms with E-state index in [9.17, 15) is 23.1 Å². The molecule has 2 rings (SSSR count). The van der Waals surface area contributed by atoms with Crippen LogP contribution >= 0.6 is 0 Å². The first-order valence-electron chi connectivity index (χ1n) is 5.78. The Morgan fingerprint density at radius 2 is 1.86 bits per heavy atom. The number of carbonyl (C=O) groups excluding carboxylic acids is 1. The third-order valence-electron chi connectivity index (χ3n) is 2.82. The number of nitriles is 1. The molecular weight excluding hydrogens is 283 g/mol. The summed E-state index contributed by atoms with van der Waals surface area (Å²) in [5, 5.41) is 18.4. The van der Waals surface area contributed by atoms with Gasteiger partial charge in [0.15, 0.2) is 5.78 Å². The molecule has 0 unspecified atom stereocenters. The van der Waals surface area contributed by atoms with Crippen LogP contribution < -0.4 is 0 Å². The van der Waals surface area contributed by atoms with Crippen molar-refractivity contribution in [2.45, 2.75) is 6.18 Å². The van der Waals surface area contributed by atoms with E-state index in [1.807, 2.05) is 6.07 Å². The Morgan fingerprint density at radius 3 is 2.48 bits per heavy atom. The smallest absolute Gasteiger partial charge is 0.416 e. The van der Waals surface area contributed by atoms with Gasteiger partial charge in [0.1, 0.15) is 5.75 Å². The molecule has 0 fully saturated rings. The van der Waals surface area contributed by atoms with E-state index in [1.165, 1.54) is 24.3 Å². The third-order valence-corrected chi connectivity index (χ3v) is 2.82. The minimum absolute atomic E-state index is 0.0312. The van der Waals surface area contributed by atoms with E-state index in [0.717, 1.165) is 6.07 Å². The molecule has 3 nitrogen and oxygen atoms in total. The quantitative estimate of drug-likeness (QED) is 0.861. The first kappa shape index (κ1) is 14.6. The second kappa shape index (κ2) is 5.29. The van der Waals surface area contributed by atoms with Gasteiger partial charge in [0.2, 0.25) is 0 Å². The van der Waals surface area contributed by atoms with Crippen LogP contribution in [0.5, 0.6) is 5.75 Å². The molecule has 0 atom stereocenters. The zero-order valence-corrected chi connectivity index (χ0v) is 10.5. The number of hydrogen-bond donors (Lipinski definition) is 1. The van der Waals surface area contributed by atoms with Crippen molar-refractivity contribution in [2.75, 3.05) is 0 Å². The molecule has 0 spiro atoms. The molecule has 0 radical (unpaired) electrons. The van der Waals surface area contributed by atoms with E-state index >= 15 is 0 Å². The monoisotopic (exact) mass is 291 g/mol. The zero-order chi connectivity index (χ0) is 15.6. The number of ketones is 1. The van der Waals surface area contributed by atoms with E-state index in [-0.39, 0.29) is 11.1 Å². The van der Waals surface area contributed by atoms with Crippen molar-refractivity contribution in [3.8, 4) is 11.8 Å². The van der Waals surface area contributed by atoms with E-state index < -0.39 is 28.8 Å². The molecule has 0 saturated heterocycles. The Bertz CT molecular complexity index is 745. The highest BCUT2D eigenvalue weighted by atomic mass is 19.4. The summed E-state index contributed by atoms with van der Waals surface area (Å²) in [6, 6.07) is 9.46. The van der Waals surface area contributed by atoms with E-state index in [0.29, 0.717) is 12.1 Å². The van der Waals surface area contributed by atoms with Crippen LogP contribution in [0.25, 0.3) is 0 Å².